The summed E-state index contributed by atoms with van der Waals surface area (Å²) in [4.78, 5) is 26.0. The van der Waals surface area contributed by atoms with E-state index < -0.39 is 29.5 Å². The molecule has 0 saturated heterocycles. The van der Waals surface area contributed by atoms with E-state index in [1.54, 1.807) is 20.8 Å². The van der Waals surface area contributed by atoms with Crippen molar-refractivity contribution in [3.05, 3.63) is 29.8 Å². The van der Waals surface area contributed by atoms with E-state index >= 15 is 0 Å². The second-order valence-electron chi connectivity index (χ2n) is 4.80. The van der Waals surface area contributed by atoms with Crippen molar-refractivity contribution in [2.45, 2.75) is 32.4 Å². The molecule has 0 aliphatic rings. The topological polar surface area (TPSA) is 91.3 Å². The van der Waals surface area contributed by atoms with Crippen LogP contribution in [0, 0.1) is 5.82 Å². The van der Waals surface area contributed by atoms with Gasteiger partial charge in [-0.1, -0.05) is 0 Å². The van der Waals surface area contributed by atoms with Crippen LogP contribution in [-0.2, 0) is 9.53 Å². The first-order chi connectivity index (χ1) is 8.69. The largest absolute Gasteiger partial charge is 1.00 e. The molecule has 6 nitrogen and oxygen atoms in total. The Labute approximate surface area is 127 Å². The minimum absolute atomic E-state index is 0. The maximum atomic E-state index is 12.7. The molecule has 0 aromatic carbocycles. The smallest absolute Gasteiger partial charge is 0.547 e. The molecule has 0 saturated carbocycles. The Morgan fingerprint density at radius 3 is 2.40 bits per heavy atom. The van der Waals surface area contributed by atoms with Crippen LogP contribution in [0.4, 0.5) is 9.18 Å². The normalized spacial score (nSPS) is 12.0. The average molecular weight is 276 g/mol. The van der Waals surface area contributed by atoms with Gasteiger partial charge in [0.1, 0.15) is 17.5 Å². The third kappa shape index (κ3) is 6.04. The number of alkyl carbamates (subject to hydrolysis) is 1. The number of aromatic nitrogens is 1. The number of nitrogens with zero attached hydrogens (tertiary/aromatic N) is 1. The molecular weight excluding hydrogens is 262 g/mol. The number of hydrogen-bond donors (Lipinski definition) is 1. The zero-order valence-corrected chi connectivity index (χ0v) is 11.8. The van der Waals surface area contributed by atoms with Crippen LogP contribution >= 0.6 is 0 Å². The number of carbonyl (C=O) groups is 2. The summed E-state index contributed by atoms with van der Waals surface area (Å²) in [5.41, 5.74) is -0.816. The molecule has 1 unspecified atom stereocenters. The minimum atomic E-state index is -1.56. The third-order valence-corrected chi connectivity index (χ3v) is 1.94. The van der Waals surface area contributed by atoms with Gasteiger partial charge in [-0.25, -0.2) is 9.18 Å². The molecule has 1 atom stereocenters. The van der Waals surface area contributed by atoms with Crippen LogP contribution in [0.1, 0.15) is 32.5 Å². The fraction of sp³-hybridized carbons (Fsp3) is 0.417. The van der Waals surface area contributed by atoms with E-state index in [9.17, 15) is 19.1 Å². The summed E-state index contributed by atoms with van der Waals surface area (Å²) in [5, 5.41) is 13.1. The maximum Gasteiger partial charge on any atom is 1.00 e. The first-order valence-electron chi connectivity index (χ1n) is 5.51. The summed E-state index contributed by atoms with van der Waals surface area (Å²) < 4.78 is 17.6. The molecule has 1 aromatic rings. The average Bonchev–Trinajstić information content (AvgIpc) is 2.24. The van der Waals surface area contributed by atoms with Gasteiger partial charge < -0.3 is 20.0 Å². The van der Waals surface area contributed by atoms with Crippen LogP contribution < -0.4 is 29.3 Å². The zero-order chi connectivity index (χ0) is 14.6. The number of carbonyl (C=O) groups excluding carboxylic acids is 2. The van der Waals surface area contributed by atoms with Crippen LogP contribution in [0.5, 0.6) is 0 Å². The Bertz CT molecular complexity index is 473. The van der Waals surface area contributed by atoms with Gasteiger partial charge in [0.05, 0.1) is 17.9 Å². The van der Waals surface area contributed by atoms with Crippen molar-refractivity contribution in [1.29, 1.82) is 0 Å². The quantitative estimate of drug-likeness (QED) is 0.618. The molecule has 1 aromatic heterocycles. The van der Waals surface area contributed by atoms with Crippen molar-refractivity contribution in [2.24, 2.45) is 0 Å². The minimum Gasteiger partial charge on any atom is -0.547 e. The van der Waals surface area contributed by atoms with Gasteiger partial charge in [-0.2, -0.15) is 0 Å². The van der Waals surface area contributed by atoms with Gasteiger partial charge >= 0.3 is 25.0 Å². The Morgan fingerprint density at radius 2 is 2.00 bits per heavy atom. The predicted octanol–water partition coefficient (Wildman–Crippen LogP) is -2.46. The molecule has 0 radical (unpaired) electrons. The number of ether oxygens (including phenoxy) is 1. The van der Waals surface area contributed by atoms with E-state index in [-0.39, 0.29) is 24.6 Å². The fourth-order valence-corrected chi connectivity index (χ4v) is 1.24. The molecule has 1 amide bonds. The summed E-state index contributed by atoms with van der Waals surface area (Å²) in [6, 6.07) is 0.679. The Kier molecular flexibility index (Phi) is 6.69. The summed E-state index contributed by atoms with van der Waals surface area (Å²) in [5.74, 6) is -2.18. The molecule has 0 aliphatic carbocycles. The molecule has 0 spiro atoms. The van der Waals surface area contributed by atoms with Crippen molar-refractivity contribution in [2.75, 3.05) is 0 Å². The first kappa shape index (κ1) is 18.4. The summed E-state index contributed by atoms with van der Waals surface area (Å²) in [6.45, 7) is 4.91. The van der Waals surface area contributed by atoms with Crippen molar-refractivity contribution in [3.63, 3.8) is 0 Å². The van der Waals surface area contributed by atoms with Crippen LogP contribution in [-0.4, -0.2) is 22.6 Å². The van der Waals surface area contributed by atoms with E-state index in [1.165, 1.54) is 0 Å². The molecule has 1 heterocycles. The van der Waals surface area contributed by atoms with Crippen molar-refractivity contribution >= 4 is 12.1 Å². The number of aliphatic carboxylic acids is 1. The SMILES string of the molecule is CC(C)(C)OC(=O)NC(C(=O)[O-])c1ccc(F)cn1.[Li+]. The van der Waals surface area contributed by atoms with Crippen LogP contribution in [0.25, 0.3) is 0 Å². The van der Waals surface area contributed by atoms with E-state index in [0.717, 1.165) is 18.3 Å². The third-order valence-electron chi connectivity index (χ3n) is 1.94. The first-order valence-corrected chi connectivity index (χ1v) is 5.51. The van der Waals surface area contributed by atoms with Gasteiger partial charge in [-0.15, -0.1) is 0 Å². The molecule has 104 valence electrons. The standard InChI is InChI=1S/C12H15FN2O4.Li/c1-12(2,3)19-11(18)15-9(10(16)17)8-5-4-7(13)6-14-8;/h4-6,9H,1-3H3,(H,15,18)(H,16,17);/q;+1/p-1. The van der Waals surface area contributed by atoms with Crippen LogP contribution in [0.15, 0.2) is 18.3 Å². The van der Waals surface area contributed by atoms with Crippen LogP contribution in [0.3, 0.4) is 0 Å². The fourth-order valence-electron chi connectivity index (χ4n) is 1.24. The predicted molar refractivity (Wildman–Crippen MR) is 61.3 cm³/mol. The summed E-state index contributed by atoms with van der Waals surface area (Å²) in [7, 11) is 0. The number of carboxylic acids is 1. The number of halogens is 1. The van der Waals surface area contributed by atoms with Gasteiger partial charge in [-0.05, 0) is 32.9 Å². The molecule has 0 aliphatic heterocycles. The molecule has 0 bridgehead atoms. The second-order valence-corrected chi connectivity index (χ2v) is 4.80. The Morgan fingerprint density at radius 1 is 1.40 bits per heavy atom. The van der Waals surface area contributed by atoms with E-state index in [1.807, 2.05) is 0 Å². The summed E-state index contributed by atoms with van der Waals surface area (Å²) in [6.07, 6.45) is -0.0741. The molecule has 20 heavy (non-hydrogen) atoms. The van der Waals surface area contributed by atoms with Crippen LogP contribution in [0.2, 0.25) is 0 Å². The van der Waals surface area contributed by atoms with Crippen molar-refractivity contribution < 1.29 is 42.7 Å². The Balaban J connectivity index is 0.00000361. The number of hydrogen-bond acceptors (Lipinski definition) is 5. The molecular formula is C12H14FLiN2O4. The van der Waals surface area contributed by atoms with Gasteiger partial charge in [-0.3, -0.25) is 4.98 Å². The molecule has 1 N–H and O–H groups in total. The number of rotatable bonds is 3. The zero-order valence-electron chi connectivity index (χ0n) is 11.8. The van der Waals surface area contributed by atoms with Crippen molar-refractivity contribution in [1.82, 2.24) is 10.3 Å². The molecule has 1 rings (SSSR count). The number of carboxylic acid groups (broad SMARTS) is 1. The van der Waals surface area contributed by atoms with Gasteiger partial charge in [0.25, 0.3) is 0 Å². The summed E-state index contributed by atoms with van der Waals surface area (Å²) >= 11 is 0. The Hall–Kier alpha value is -1.58. The number of amides is 1. The monoisotopic (exact) mass is 276 g/mol. The van der Waals surface area contributed by atoms with E-state index in [4.69, 9.17) is 4.74 Å². The maximum absolute atomic E-state index is 12.7. The van der Waals surface area contributed by atoms with Crippen molar-refractivity contribution in [3.8, 4) is 0 Å². The second kappa shape index (κ2) is 7.27. The molecule has 0 fully saturated rings. The molecule has 8 heteroatoms. The number of nitrogens with one attached hydrogen (secondary N) is 1. The van der Waals surface area contributed by atoms with Gasteiger partial charge in [0.2, 0.25) is 0 Å². The van der Waals surface area contributed by atoms with E-state index in [2.05, 4.69) is 10.3 Å². The van der Waals surface area contributed by atoms with E-state index in [0.29, 0.717) is 0 Å². The van der Waals surface area contributed by atoms with Gasteiger partial charge in [0, 0.05) is 0 Å². The number of pyridine rings is 1. The van der Waals surface area contributed by atoms with Gasteiger partial charge in [0.15, 0.2) is 0 Å².